The highest BCUT2D eigenvalue weighted by molar-refractivity contribution is 5.98. The number of benzene rings is 1. The molecule has 0 aliphatic carbocycles. The smallest absolute Gasteiger partial charge is 0.251 e. The summed E-state index contributed by atoms with van der Waals surface area (Å²) >= 11 is 0. The first-order valence-corrected chi connectivity index (χ1v) is 9.41. The second-order valence-corrected chi connectivity index (χ2v) is 7.52. The molecule has 0 radical (unpaired) electrons. The second-order valence-electron chi connectivity index (χ2n) is 7.52. The van der Waals surface area contributed by atoms with Crippen LogP contribution >= 0.6 is 0 Å². The third-order valence-electron chi connectivity index (χ3n) is 4.63. The molecule has 2 rings (SSSR count). The van der Waals surface area contributed by atoms with Crippen molar-refractivity contribution in [1.29, 1.82) is 0 Å². The lowest BCUT2D eigenvalue weighted by molar-refractivity contribution is -0.129. The van der Waals surface area contributed by atoms with Gasteiger partial charge in [0.15, 0.2) is 0 Å². The summed E-state index contributed by atoms with van der Waals surface area (Å²) in [5.74, 6) is -0.598. The number of likely N-dealkylation sites (tertiary alicyclic amines) is 1. The Bertz CT molecular complexity index is 670. The lowest BCUT2D eigenvalue weighted by atomic mass is 10.1. The third kappa shape index (κ3) is 6.06. The maximum absolute atomic E-state index is 12.4. The molecule has 27 heavy (non-hydrogen) atoms. The van der Waals surface area contributed by atoms with Crippen molar-refractivity contribution in [1.82, 2.24) is 15.1 Å². The van der Waals surface area contributed by atoms with Crippen LogP contribution in [0.1, 0.15) is 37.0 Å². The van der Waals surface area contributed by atoms with Gasteiger partial charge in [-0.1, -0.05) is 0 Å². The van der Waals surface area contributed by atoms with Gasteiger partial charge < -0.3 is 20.4 Å². The lowest BCUT2D eigenvalue weighted by Gasteiger charge is -2.20. The first kappa shape index (κ1) is 20.9. The highest BCUT2D eigenvalue weighted by atomic mass is 16.2. The molecule has 0 aromatic heterocycles. The number of carbonyl (C=O) groups excluding carboxylic acids is 3. The van der Waals surface area contributed by atoms with Crippen molar-refractivity contribution in [3.63, 3.8) is 0 Å². The average molecular weight is 374 g/mol. The van der Waals surface area contributed by atoms with E-state index in [9.17, 15) is 14.4 Å². The van der Waals surface area contributed by atoms with Crippen molar-refractivity contribution < 1.29 is 14.4 Å². The molecule has 1 aromatic carbocycles. The van der Waals surface area contributed by atoms with E-state index in [4.69, 9.17) is 0 Å². The van der Waals surface area contributed by atoms with Gasteiger partial charge in [-0.2, -0.15) is 0 Å². The van der Waals surface area contributed by atoms with Gasteiger partial charge in [-0.25, -0.2) is 0 Å². The third-order valence-corrected chi connectivity index (χ3v) is 4.63. The molecule has 1 heterocycles. The number of hydrogen-bond donors (Lipinski definition) is 2. The number of rotatable bonds is 8. The summed E-state index contributed by atoms with van der Waals surface area (Å²) in [7, 11) is 3.99. The van der Waals surface area contributed by atoms with Crippen LogP contribution in [0.25, 0.3) is 0 Å². The predicted octanol–water partition coefficient (Wildman–Crippen LogP) is 1.56. The van der Waals surface area contributed by atoms with Gasteiger partial charge in [0.2, 0.25) is 11.8 Å². The van der Waals surface area contributed by atoms with E-state index >= 15 is 0 Å². The van der Waals surface area contributed by atoms with Gasteiger partial charge in [0, 0.05) is 36.8 Å². The van der Waals surface area contributed by atoms with E-state index in [1.807, 2.05) is 27.9 Å². The van der Waals surface area contributed by atoms with Crippen LogP contribution < -0.4 is 10.6 Å². The highest BCUT2D eigenvalue weighted by Gasteiger charge is 2.35. The van der Waals surface area contributed by atoms with E-state index in [2.05, 4.69) is 15.5 Å². The van der Waals surface area contributed by atoms with Gasteiger partial charge in [0.25, 0.3) is 5.91 Å². The van der Waals surface area contributed by atoms with E-state index in [0.29, 0.717) is 24.3 Å². The second kappa shape index (κ2) is 9.50. The Morgan fingerprint density at radius 2 is 1.89 bits per heavy atom. The molecule has 0 spiro atoms. The summed E-state index contributed by atoms with van der Waals surface area (Å²) in [6.07, 6.45) is 1.14. The van der Waals surface area contributed by atoms with Crippen LogP contribution in [0.15, 0.2) is 24.3 Å². The SMILES string of the molecule is CC(C)N1CC(C(=O)Nc2ccc(C(=O)NCCCN(C)C)cc2)CC1=O. The zero-order valence-electron chi connectivity index (χ0n) is 16.6. The molecule has 1 unspecified atom stereocenters. The number of amides is 3. The number of hydrogen-bond acceptors (Lipinski definition) is 4. The fourth-order valence-corrected chi connectivity index (χ4v) is 3.05. The van der Waals surface area contributed by atoms with E-state index in [1.54, 1.807) is 29.2 Å². The molecule has 148 valence electrons. The minimum atomic E-state index is -0.334. The minimum Gasteiger partial charge on any atom is -0.352 e. The van der Waals surface area contributed by atoms with Crippen molar-refractivity contribution in [2.75, 3.05) is 39.0 Å². The van der Waals surface area contributed by atoms with E-state index < -0.39 is 0 Å². The fraction of sp³-hybridized carbons (Fsp3) is 0.550. The Labute approximate surface area is 161 Å². The lowest BCUT2D eigenvalue weighted by Crippen LogP contribution is -2.33. The summed E-state index contributed by atoms with van der Waals surface area (Å²) in [6, 6.07) is 6.91. The molecule has 0 saturated carbocycles. The fourth-order valence-electron chi connectivity index (χ4n) is 3.05. The standard InChI is InChI=1S/C20H30N4O3/c1-14(2)24-13-16(12-18(24)25)20(27)22-17-8-6-15(7-9-17)19(26)21-10-5-11-23(3)4/h6-9,14,16H,5,10-13H2,1-4H3,(H,21,26)(H,22,27). The van der Waals surface area contributed by atoms with E-state index in [-0.39, 0.29) is 36.1 Å². The molecule has 2 N–H and O–H groups in total. The molecule has 1 aliphatic rings. The molecule has 1 aliphatic heterocycles. The predicted molar refractivity (Wildman–Crippen MR) is 106 cm³/mol. The van der Waals surface area contributed by atoms with Gasteiger partial charge >= 0.3 is 0 Å². The van der Waals surface area contributed by atoms with Crippen molar-refractivity contribution >= 4 is 23.4 Å². The largest absolute Gasteiger partial charge is 0.352 e. The Balaban J connectivity index is 1.84. The van der Waals surface area contributed by atoms with Crippen molar-refractivity contribution in [2.45, 2.75) is 32.7 Å². The van der Waals surface area contributed by atoms with Crippen LogP contribution in [0.5, 0.6) is 0 Å². The number of nitrogens with zero attached hydrogens (tertiary/aromatic N) is 2. The Morgan fingerprint density at radius 1 is 1.22 bits per heavy atom. The van der Waals surface area contributed by atoms with Gasteiger partial charge in [-0.05, 0) is 65.2 Å². The van der Waals surface area contributed by atoms with Crippen LogP contribution in [0, 0.1) is 5.92 Å². The molecule has 1 saturated heterocycles. The molecule has 1 fully saturated rings. The Hall–Kier alpha value is -2.41. The quantitative estimate of drug-likeness (QED) is 0.677. The van der Waals surface area contributed by atoms with Crippen molar-refractivity contribution in [2.24, 2.45) is 5.92 Å². The Kier molecular flexibility index (Phi) is 7.36. The normalized spacial score (nSPS) is 16.9. The first-order chi connectivity index (χ1) is 12.8. The monoisotopic (exact) mass is 374 g/mol. The summed E-state index contributed by atoms with van der Waals surface area (Å²) in [5.41, 5.74) is 1.18. The van der Waals surface area contributed by atoms with Gasteiger partial charge in [-0.15, -0.1) is 0 Å². The number of anilines is 1. The van der Waals surface area contributed by atoms with Crippen molar-refractivity contribution in [3.8, 4) is 0 Å². The zero-order chi connectivity index (χ0) is 20.0. The van der Waals surface area contributed by atoms with Gasteiger partial charge in [-0.3, -0.25) is 14.4 Å². The topological polar surface area (TPSA) is 81.8 Å². The minimum absolute atomic E-state index is 0.0198. The molecule has 7 nitrogen and oxygen atoms in total. The Morgan fingerprint density at radius 3 is 2.44 bits per heavy atom. The van der Waals surface area contributed by atoms with Crippen molar-refractivity contribution in [3.05, 3.63) is 29.8 Å². The molecular formula is C20H30N4O3. The zero-order valence-corrected chi connectivity index (χ0v) is 16.6. The van der Waals surface area contributed by atoms with Crippen LogP contribution in [0.4, 0.5) is 5.69 Å². The van der Waals surface area contributed by atoms with Gasteiger partial charge in [0.1, 0.15) is 0 Å². The summed E-state index contributed by atoms with van der Waals surface area (Å²) in [6.45, 7) is 5.89. The first-order valence-electron chi connectivity index (χ1n) is 9.41. The maximum Gasteiger partial charge on any atom is 0.251 e. The van der Waals surface area contributed by atoms with Crippen LogP contribution in [-0.4, -0.2) is 67.3 Å². The molecule has 0 bridgehead atoms. The summed E-state index contributed by atoms with van der Waals surface area (Å²) < 4.78 is 0. The van der Waals surface area contributed by atoms with E-state index in [0.717, 1.165) is 13.0 Å². The number of carbonyl (C=O) groups is 3. The molecule has 3 amide bonds. The maximum atomic E-state index is 12.4. The summed E-state index contributed by atoms with van der Waals surface area (Å²) in [5, 5.41) is 5.72. The molecule has 7 heteroatoms. The summed E-state index contributed by atoms with van der Waals surface area (Å²) in [4.78, 5) is 40.3. The molecule has 1 aromatic rings. The van der Waals surface area contributed by atoms with Crippen LogP contribution in [0.2, 0.25) is 0 Å². The average Bonchev–Trinajstić information content (AvgIpc) is 3.01. The molecule has 1 atom stereocenters. The number of nitrogens with one attached hydrogen (secondary N) is 2. The molecular weight excluding hydrogens is 344 g/mol. The highest BCUT2D eigenvalue weighted by Crippen LogP contribution is 2.22. The van der Waals surface area contributed by atoms with E-state index in [1.165, 1.54) is 0 Å². The van der Waals surface area contributed by atoms with Crippen LogP contribution in [-0.2, 0) is 9.59 Å². The van der Waals surface area contributed by atoms with Crippen LogP contribution in [0.3, 0.4) is 0 Å². The van der Waals surface area contributed by atoms with Gasteiger partial charge in [0.05, 0.1) is 5.92 Å².